The van der Waals surface area contributed by atoms with Crippen LogP contribution in [0, 0.1) is 5.92 Å². The Morgan fingerprint density at radius 1 is 1.32 bits per heavy atom. The summed E-state index contributed by atoms with van der Waals surface area (Å²) in [6, 6.07) is 10.1. The topological polar surface area (TPSA) is 95.0 Å². The molecule has 3 rings (SSSR count). The van der Waals surface area contributed by atoms with E-state index in [-0.39, 0.29) is 25.6 Å². The Morgan fingerprint density at radius 3 is 2.90 bits per heavy atom. The Bertz CT molecular complexity index is 1030. The van der Waals surface area contributed by atoms with Crippen LogP contribution in [-0.4, -0.2) is 50.7 Å². The molecule has 0 spiro atoms. The van der Waals surface area contributed by atoms with Gasteiger partial charge >= 0.3 is 0 Å². The third kappa shape index (κ3) is 5.64. The fourth-order valence-electron chi connectivity index (χ4n) is 3.55. The lowest BCUT2D eigenvalue weighted by molar-refractivity contribution is -0.119. The van der Waals surface area contributed by atoms with Gasteiger partial charge in [-0.2, -0.15) is 0 Å². The summed E-state index contributed by atoms with van der Waals surface area (Å²) in [4.78, 5) is 16.4. The summed E-state index contributed by atoms with van der Waals surface area (Å²) >= 11 is 0. The van der Waals surface area contributed by atoms with E-state index in [9.17, 15) is 4.79 Å². The van der Waals surface area contributed by atoms with E-state index in [0.29, 0.717) is 5.92 Å². The Morgan fingerprint density at radius 2 is 2.16 bits per heavy atom. The number of aliphatic imine (C=N–C) groups is 1. The molecule has 4 N–H and O–H groups in total. The van der Waals surface area contributed by atoms with Crippen LogP contribution < -0.4 is 20.7 Å². The van der Waals surface area contributed by atoms with Crippen LogP contribution in [0.4, 0.5) is 5.69 Å². The first-order chi connectivity index (χ1) is 15.0. The lowest BCUT2D eigenvalue weighted by Gasteiger charge is -2.18. The van der Waals surface area contributed by atoms with Gasteiger partial charge in [-0.05, 0) is 53.3 Å². The van der Waals surface area contributed by atoms with Crippen molar-refractivity contribution in [2.75, 3.05) is 39.2 Å². The van der Waals surface area contributed by atoms with Gasteiger partial charge < -0.3 is 25.8 Å². The van der Waals surface area contributed by atoms with Crippen LogP contribution in [0.1, 0.15) is 18.9 Å². The molecule has 1 unspecified atom stereocenters. The minimum atomic E-state index is -0.176. The Kier molecular flexibility index (Phi) is 7.67. The standard InChI is InChI=1S/C24H30N4O3/c1-16-4-5-17(8-9-27-24(16)25-2)19-12-18-6-7-20(31-3)14-21(18)22(13-19)28-15-23(30)26-10-11-29/h5-9,12-14,16,28-29H,4,10-11,15H2,1-3H3,(H,25,27)(H,26,30)/b9-8-,17-5-. The van der Waals surface area contributed by atoms with Crippen LogP contribution in [0.5, 0.6) is 5.75 Å². The molecule has 164 valence electrons. The number of methoxy groups -OCH3 is 1. The molecule has 1 heterocycles. The summed E-state index contributed by atoms with van der Waals surface area (Å²) < 4.78 is 5.39. The van der Waals surface area contributed by atoms with Gasteiger partial charge in [-0.1, -0.05) is 19.1 Å². The smallest absolute Gasteiger partial charge is 0.239 e. The van der Waals surface area contributed by atoms with Crippen molar-refractivity contribution in [3.63, 3.8) is 0 Å². The van der Waals surface area contributed by atoms with E-state index in [1.54, 1.807) is 14.2 Å². The number of anilines is 1. The lowest BCUT2D eigenvalue weighted by atomic mass is 9.95. The molecular weight excluding hydrogens is 392 g/mol. The van der Waals surface area contributed by atoms with Crippen LogP contribution in [0.3, 0.4) is 0 Å². The highest BCUT2D eigenvalue weighted by atomic mass is 16.5. The van der Waals surface area contributed by atoms with E-state index in [2.05, 4.69) is 46.1 Å². The largest absolute Gasteiger partial charge is 0.497 e. The van der Waals surface area contributed by atoms with Crippen molar-refractivity contribution in [1.29, 1.82) is 0 Å². The van der Waals surface area contributed by atoms with Gasteiger partial charge in [-0.15, -0.1) is 0 Å². The molecular formula is C24H30N4O3. The maximum Gasteiger partial charge on any atom is 0.239 e. The molecule has 0 radical (unpaired) electrons. The number of carbonyl (C=O) groups excluding carboxylic acids is 1. The second kappa shape index (κ2) is 10.6. The van der Waals surface area contributed by atoms with Crippen molar-refractivity contribution in [3.05, 3.63) is 54.2 Å². The number of aliphatic hydroxyl groups is 1. The third-order valence-corrected chi connectivity index (χ3v) is 5.26. The number of nitrogens with zero attached hydrogens (tertiary/aromatic N) is 1. The van der Waals surface area contributed by atoms with E-state index < -0.39 is 0 Å². The molecule has 1 atom stereocenters. The van der Waals surface area contributed by atoms with E-state index in [1.165, 1.54) is 0 Å². The Labute approximate surface area is 182 Å². The van der Waals surface area contributed by atoms with Crippen LogP contribution in [-0.2, 0) is 4.79 Å². The number of allylic oxidation sites excluding steroid dienone is 3. The number of carbonyl (C=O) groups is 1. The summed E-state index contributed by atoms with van der Waals surface area (Å²) in [6.45, 7) is 2.41. The first-order valence-electron chi connectivity index (χ1n) is 10.4. The molecule has 2 aromatic rings. The van der Waals surface area contributed by atoms with E-state index in [4.69, 9.17) is 9.84 Å². The predicted octanol–water partition coefficient (Wildman–Crippen LogP) is 2.92. The summed E-state index contributed by atoms with van der Waals surface area (Å²) in [5.74, 6) is 1.84. The highest BCUT2D eigenvalue weighted by Gasteiger charge is 2.13. The van der Waals surface area contributed by atoms with Crippen LogP contribution >= 0.6 is 0 Å². The first kappa shape index (κ1) is 22.4. The third-order valence-electron chi connectivity index (χ3n) is 5.26. The number of hydrogen-bond donors (Lipinski definition) is 4. The fraction of sp³-hybridized carbons (Fsp3) is 0.333. The van der Waals surface area contributed by atoms with E-state index >= 15 is 0 Å². The number of nitrogens with one attached hydrogen (secondary N) is 3. The van der Waals surface area contributed by atoms with E-state index in [0.717, 1.165) is 45.6 Å². The molecule has 7 heteroatoms. The predicted molar refractivity (Wildman–Crippen MR) is 126 cm³/mol. The minimum absolute atomic E-state index is 0.0846. The van der Waals surface area contributed by atoms with Crippen LogP contribution in [0.2, 0.25) is 0 Å². The second-order valence-electron chi connectivity index (χ2n) is 7.42. The molecule has 7 nitrogen and oxygen atoms in total. The first-order valence-corrected chi connectivity index (χ1v) is 10.4. The number of hydrogen-bond acceptors (Lipinski definition) is 5. The zero-order valence-electron chi connectivity index (χ0n) is 18.2. The molecule has 1 aliphatic rings. The molecule has 1 amide bonds. The van der Waals surface area contributed by atoms with Gasteiger partial charge in [0.2, 0.25) is 5.91 Å². The van der Waals surface area contributed by atoms with Crippen molar-refractivity contribution in [2.45, 2.75) is 13.3 Å². The Hall–Kier alpha value is -3.32. The van der Waals surface area contributed by atoms with Gasteiger partial charge in [-0.3, -0.25) is 9.79 Å². The number of benzene rings is 2. The Balaban J connectivity index is 1.97. The molecule has 0 saturated carbocycles. The highest BCUT2D eigenvalue weighted by Crippen LogP contribution is 2.32. The van der Waals surface area contributed by atoms with Crippen molar-refractivity contribution in [2.24, 2.45) is 10.9 Å². The van der Waals surface area contributed by atoms with E-state index in [1.807, 2.05) is 30.5 Å². The van der Waals surface area contributed by atoms with Gasteiger partial charge in [0.05, 0.1) is 20.3 Å². The van der Waals surface area contributed by atoms with Gasteiger partial charge in [0, 0.05) is 36.8 Å². The lowest BCUT2D eigenvalue weighted by Crippen LogP contribution is -2.31. The number of aliphatic hydroxyl groups excluding tert-OH is 1. The number of fused-ring (bicyclic) bond motifs is 1. The summed E-state index contributed by atoms with van der Waals surface area (Å²) in [5.41, 5.74) is 3.00. The highest BCUT2D eigenvalue weighted by molar-refractivity contribution is 5.99. The minimum Gasteiger partial charge on any atom is -0.497 e. The second-order valence-corrected chi connectivity index (χ2v) is 7.42. The maximum absolute atomic E-state index is 12.0. The van der Waals surface area contributed by atoms with Gasteiger partial charge in [0.25, 0.3) is 0 Å². The SMILES string of the molecule is CN=C1N/C=C\C(c2cc(NCC(=O)NCCO)c3cc(OC)ccc3c2)=C\CC1C. The van der Waals surface area contributed by atoms with Gasteiger partial charge in [-0.25, -0.2) is 0 Å². The zero-order chi connectivity index (χ0) is 22.2. The molecule has 0 saturated heterocycles. The molecule has 0 fully saturated rings. The monoisotopic (exact) mass is 422 g/mol. The van der Waals surface area contributed by atoms with Crippen LogP contribution in [0.25, 0.3) is 16.3 Å². The summed E-state index contributed by atoms with van der Waals surface area (Å²) in [7, 11) is 3.43. The summed E-state index contributed by atoms with van der Waals surface area (Å²) in [6.07, 6.45) is 7.04. The fourth-order valence-corrected chi connectivity index (χ4v) is 3.55. The molecule has 0 aromatic heterocycles. The number of ether oxygens (including phenoxy) is 1. The van der Waals surface area contributed by atoms with Crippen molar-refractivity contribution >= 4 is 33.8 Å². The van der Waals surface area contributed by atoms with Crippen molar-refractivity contribution in [1.82, 2.24) is 10.6 Å². The zero-order valence-corrected chi connectivity index (χ0v) is 18.2. The maximum atomic E-state index is 12.0. The van der Waals surface area contributed by atoms with Gasteiger partial charge in [0.1, 0.15) is 11.6 Å². The van der Waals surface area contributed by atoms with Crippen molar-refractivity contribution in [3.8, 4) is 5.75 Å². The average molecular weight is 423 g/mol. The number of amides is 1. The molecule has 0 bridgehead atoms. The molecule has 2 aromatic carbocycles. The number of rotatable bonds is 7. The molecule has 0 aliphatic carbocycles. The average Bonchev–Trinajstić information content (AvgIpc) is 2.78. The normalized spacial score (nSPS) is 20.2. The summed E-state index contributed by atoms with van der Waals surface area (Å²) in [5, 5.41) is 20.1. The van der Waals surface area contributed by atoms with Crippen molar-refractivity contribution < 1.29 is 14.6 Å². The van der Waals surface area contributed by atoms with Crippen LogP contribution in [0.15, 0.2) is 53.7 Å². The number of amidine groups is 1. The molecule has 31 heavy (non-hydrogen) atoms. The quantitative estimate of drug-likeness (QED) is 0.550. The van der Waals surface area contributed by atoms with Gasteiger partial charge in [0.15, 0.2) is 0 Å². The molecule has 1 aliphatic heterocycles.